The molecule has 8 nitrogen and oxygen atoms in total. The van der Waals surface area contributed by atoms with Crippen LogP contribution in [0.1, 0.15) is 37.9 Å². The highest BCUT2D eigenvalue weighted by molar-refractivity contribution is 5.96. The Balaban J connectivity index is 2.10. The second-order valence-corrected chi connectivity index (χ2v) is 7.76. The summed E-state index contributed by atoms with van der Waals surface area (Å²) in [4.78, 5) is 25.0. The number of aryl methyl sites for hydroxylation is 1. The van der Waals surface area contributed by atoms with Crippen LogP contribution in [0.2, 0.25) is 0 Å². The van der Waals surface area contributed by atoms with E-state index in [1.54, 1.807) is 26.0 Å². The van der Waals surface area contributed by atoms with E-state index in [0.29, 0.717) is 28.1 Å². The van der Waals surface area contributed by atoms with Gasteiger partial charge in [0.25, 0.3) is 0 Å². The van der Waals surface area contributed by atoms with Crippen LogP contribution in [0.3, 0.4) is 0 Å². The lowest BCUT2D eigenvalue weighted by molar-refractivity contribution is 0.0569. The van der Waals surface area contributed by atoms with E-state index in [1.807, 2.05) is 0 Å². The van der Waals surface area contributed by atoms with Gasteiger partial charge in [0.15, 0.2) is 5.82 Å². The van der Waals surface area contributed by atoms with E-state index in [-0.39, 0.29) is 11.4 Å². The molecule has 1 atom stereocenters. The van der Waals surface area contributed by atoms with Crippen molar-refractivity contribution in [2.75, 3.05) is 5.32 Å². The first-order valence-electron chi connectivity index (χ1n) is 10.1. The monoisotopic (exact) mass is 469 g/mol. The first kappa shape index (κ1) is 24.4. The Morgan fingerprint density at radius 1 is 1.38 bits per heavy atom. The lowest BCUT2D eigenvalue weighted by Crippen LogP contribution is -2.23. The molecule has 0 saturated carbocycles. The van der Waals surface area contributed by atoms with Gasteiger partial charge in [0, 0.05) is 29.4 Å². The molecular weight excluding hydrogens is 447 g/mol. The second-order valence-electron chi connectivity index (χ2n) is 7.76. The number of nitrogens with zero attached hydrogens (tertiary/aromatic N) is 5. The van der Waals surface area contributed by atoms with Gasteiger partial charge < -0.3 is 11.1 Å². The van der Waals surface area contributed by atoms with Crippen LogP contribution in [0.25, 0.3) is 10.9 Å². The van der Waals surface area contributed by atoms with Gasteiger partial charge in [-0.2, -0.15) is 19.0 Å². The van der Waals surface area contributed by atoms with Gasteiger partial charge in [-0.05, 0) is 39.0 Å². The van der Waals surface area contributed by atoms with E-state index in [0.717, 1.165) is 12.1 Å². The van der Waals surface area contributed by atoms with Crippen LogP contribution < -0.4 is 16.7 Å². The largest absolute Gasteiger partial charge is 0.402 e. The minimum Gasteiger partial charge on any atom is -0.402 e. The standard InChI is InChI=1S/C23H22F3N7O/c1-12(28)8-13(2)30-19-9-16-18(10-29-19)33(4)22(34)32-21(16)31-14(3)15-6-5-7-17(20(15)24)23(25,26)11-27/h5-10,14H,28H2,1-4H3,(H,31,32,34)/t14-/m1/s1. The Labute approximate surface area is 193 Å². The highest BCUT2D eigenvalue weighted by Gasteiger charge is 2.35. The summed E-state index contributed by atoms with van der Waals surface area (Å²) in [7, 11) is 1.52. The van der Waals surface area contributed by atoms with Crippen LogP contribution in [0.5, 0.6) is 0 Å². The number of nitrogens with one attached hydrogen (secondary N) is 1. The highest BCUT2D eigenvalue weighted by Crippen LogP contribution is 2.33. The van der Waals surface area contributed by atoms with E-state index < -0.39 is 29.0 Å². The van der Waals surface area contributed by atoms with Crippen LogP contribution in [-0.4, -0.2) is 20.2 Å². The number of hydrogen-bond donors (Lipinski definition) is 2. The number of alkyl halides is 2. The van der Waals surface area contributed by atoms with Crippen molar-refractivity contribution >= 4 is 28.3 Å². The van der Waals surface area contributed by atoms with Gasteiger partial charge in [0.2, 0.25) is 0 Å². The van der Waals surface area contributed by atoms with E-state index in [4.69, 9.17) is 11.0 Å². The summed E-state index contributed by atoms with van der Waals surface area (Å²) >= 11 is 0. The van der Waals surface area contributed by atoms with Crippen molar-refractivity contribution in [3.63, 3.8) is 0 Å². The minimum absolute atomic E-state index is 0.101. The summed E-state index contributed by atoms with van der Waals surface area (Å²) in [5, 5.41) is 12.1. The molecule has 0 unspecified atom stereocenters. The molecule has 2 aromatic heterocycles. The van der Waals surface area contributed by atoms with E-state index in [1.165, 1.54) is 36.9 Å². The van der Waals surface area contributed by atoms with Crippen LogP contribution in [0.4, 0.5) is 24.8 Å². The number of pyridine rings is 1. The molecule has 0 aliphatic carbocycles. The van der Waals surface area contributed by atoms with Crippen LogP contribution in [-0.2, 0) is 13.0 Å². The normalized spacial score (nSPS) is 13.6. The molecule has 0 amide bonds. The van der Waals surface area contributed by atoms with Crippen molar-refractivity contribution in [3.05, 3.63) is 69.7 Å². The fraction of sp³-hybridized carbons (Fsp3) is 0.261. The number of hydrogen-bond acceptors (Lipinski definition) is 7. The molecule has 0 aliphatic rings. The Kier molecular flexibility index (Phi) is 6.72. The number of aliphatic imine (C=N–C) groups is 1. The summed E-state index contributed by atoms with van der Waals surface area (Å²) in [6.45, 7) is 4.99. The number of anilines is 1. The van der Waals surface area contributed by atoms with Crippen molar-refractivity contribution in [2.45, 2.75) is 32.7 Å². The second kappa shape index (κ2) is 9.35. The van der Waals surface area contributed by atoms with Gasteiger partial charge in [-0.3, -0.25) is 4.57 Å². The molecule has 0 spiro atoms. The number of allylic oxidation sites excluding steroid dienone is 2. The molecule has 0 bridgehead atoms. The summed E-state index contributed by atoms with van der Waals surface area (Å²) in [6, 6.07) is 4.93. The highest BCUT2D eigenvalue weighted by atomic mass is 19.3. The molecule has 3 rings (SSSR count). The summed E-state index contributed by atoms with van der Waals surface area (Å²) in [5.74, 6) is -4.78. The first-order valence-corrected chi connectivity index (χ1v) is 10.1. The van der Waals surface area contributed by atoms with Crippen molar-refractivity contribution in [2.24, 2.45) is 17.8 Å². The third-order valence-corrected chi connectivity index (χ3v) is 5.03. The minimum atomic E-state index is -3.99. The molecule has 2 heterocycles. The van der Waals surface area contributed by atoms with Gasteiger partial charge in [0.1, 0.15) is 17.7 Å². The number of rotatable bonds is 6. The molecule has 3 N–H and O–H groups in total. The Bertz CT molecular complexity index is 1420. The zero-order chi connectivity index (χ0) is 25.2. The zero-order valence-electron chi connectivity index (χ0n) is 18.9. The van der Waals surface area contributed by atoms with Gasteiger partial charge >= 0.3 is 11.6 Å². The van der Waals surface area contributed by atoms with Crippen LogP contribution in [0.15, 0.2) is 52.0 Å². The molecule has 0 fully saturated rings. The van der Waals surface area contributed by atoms with Crippen LogP contribution >= 0.6 is 0 Å². The smallest absolute Gasteiger partial charge is 0.360 e. The quantitative estimate of drug-likeness (QED) is 0.522. The van der Waals surface area contributed by atoms with Gasteiger partial charge in [-0.25, -0.2) is 19.2 Å². The number of fused-ring (bicyclic) bond motifs is 1. The first-order chi connectivity index (χ1) is 15.9. The van der Waals surface area contributed by atoms with Gasteiger partial charge in [-0.15, -0.1) is 0 Å². The topological polar surface area (TPSA) is 122 Å². The van der Waals surface area contributed by atoms with Crippen LogP contribution in [0, 0.1) is 17.1 Å². The van der Waals surface area contributed by atoms with Crippen molar-refractivity contribution < 1.29 is 13.2 Å². The number of halogens is 3. The number of benzene rings is 1. The average molecular weight is 469 g/mol. The Hall–Kier alpha value is -4.20. The molecule has 0 saturated heterocycles. The summed E-state index contributed by atoms with van der Waals surface area (Å²) in [6.07, 6.45) is 3.12. The van der Waals surface area contributed by atoms with Crippen molar-refractivity contribution in [1.82, 2.24) is 14.5 Å². The Morgan fingerprint density at radius 3 is 2.74 bits per heavy atom. The lowest BCUT2D eigenvalue weighted by Gasteiger charge is -2.19. The average Bonchev–Trinajstić information content (AvgIpc) is 2.76. The third-order valence-electron chi connectivity index (χ3n) is 5.03. The van der Waals surface area contributed by atoms with E-state index in [2.05, 4.69) is 20.3 Å². The predicted molar refractivity (Wildman–Crippen MR) is 123 cm³/mol. The molecule has 1 aromatic carbocycles. The third kappa shape index (κ3) is 4.91. The maximum atomic E-state index is 14.9. The predicted octanol–water partition coefficient (Wildman–Crippen LogP) is 4.21. The maximum Gasteiger partial charge on any atom is 0.360 e. The molecule has 11 heteroatoms. The van der Waals surface area contributed by atoms with Gasteiger partial charge in [0.05, 0.1) is 23.3 Å². The molecule has 0 aliphatic heterocycles. The van der Waals surface area contributed by atoms with Crippen molar-refractivity contribution in [1.29, 1.82) is 5.26 Å². The molecule has 0 radical (unpaired) electrons. The fourth-order valence-electron chi connectivity index (χ4n) is 3.41. The number of nitrogens with two attached hydrogens (primary N) is 1. The fourth-order valence-corrected chi connectivity index (χ4v) is 3.41. The lowest BCUT2D eigenvalue weighted by atomic mass is 10.0. The molecular formula is C23H22F3N7O. The molecule has 3 aromatic rings. The SMILES string of the molecule is CC(N)=CC(C)=Nc1cc2c(N[C@H](C)c3cccc(C(F)(F)C#N)c3F)nc(=O)n(C)c2cn1. The van der Waals surface area contributed by atoms with E-state index >= 15 is 0 Å². The number of nitriles is 1. The molecule has 176 valence electrons. The van der Waals surface area contributed by atoms with Gasteiger partial charge in [-0.1, -0.05) is 12.1 Å². The number of aromatic nitrogens is 3. The summed E-state index contributed by atoms with van der Waals surface area (Å²) in [5.41, 5.74) is 5.54. The summed E-state index contributed by atoms with van der Waals surface area (Å²) < 4.78 is 43.8. The Morgan fingerprint density at radius 2 is 2.09 bits per heavy atom. The maximum absolute atomic E-state index is 14.9. The van der Waals surface area contributed by atoms with E-state index in [9.17, 15) is 18.0 Å². The van der Waals surface area contributed by atoms with Crippen molar-refractivity contribution in [3.8, 4) is 6.07 Å². The zero-order valence-corrected chi connectivity index (χ0v) is 18.9. The molecule has 34 heavy (non-hydrogen) atoms.